The van der Waals surface area contributed by atoms with Crippen molar-refractivity contribution in [2.24, 2.45) is 0 Å². The van der Waals surface area contributed by atoms with Crippen LogP contribution in [0.1, 0.15) is 52.5 Å². The number of carbonyl (C=O) groups excluding carboxylic acids is 2. The summed E-state index contributed by atoms with van der Waals surface area (Å²) < 4.78 is 33.4. The minimum atomic E-state index is -3.71. The lowest BCUT2D eigenvalue weighted by molar-refractivity contribution is 0.0303. The molecule has 9 heteroatoms. The molecule has 1 atom stereocenters. The van der Waals surface area contributed by atoms with Crippen molar-refractivity contribution in [3.63, 3.8) is 0 Å². The molecule has 2 aromatic rings. The third kappa shape index (κ3) is 5.01. The van der Waals surface area contributed by atoms with E-state index in [0.29, 0.717) is 49.7 Å². The van der Waals surface area contributed by atoms with Crippen molar-refractivity contribution in [2.75, 3.05) is 38.2 Å². The second kappa shape index (κ2) is 10.2. The molecule has 2 saturated heterocycles. The Morgan fingerprint density at radius 2 is 1.74 bits per heavy atom. The SMILES string of the molecule is Cc1ccc(S(=O)(=O)N2CCCCC2C)cc1C(=O)Nc1ccccc1C(=O)N1CCOCC1. The number of aryl methyl sites for hydroxylation is 1. The maximum atomic E-state index is 13.3. The Kier molecular flexibility index (Phi) is 7.35. The molecule has 2 aromatic carbocycles. The zero-order chi connectivity index (χ0) is 24.3. The standard InChI is InChI=1S/C25H31N3O5S/c1-18-10-11-20(34(31,32)28-12-6-5-7-19(28)2)17-22(18)24(29)26-23-9-4-3-8-21(23)25(30)27-13-15-33-16-14-27/h3-4,8-11,17,19H,5-7,12-16H2,1-2H3,(H,26,29). The molecule has 8 nitrogen and oxygen atoms in total. The predicted octanol–water partition coefficient (Wildman–Crippen LogP) is 3.28. The molecule has 34 heavy (non-hydrogen) atoms. The Labute approximate surface area is 200 Å². The Morgan fingerprint density at radius 3 is 2.47 bits per heavy atom. The second-order valence-corrected chi connectivity index (χ2v) is 10.7. The normalized spacial score (nSPS) is 19.6. The van der Waals surface area contributed by atoms with Crippen LogP contribution >= 0.6 is 0 Å². The van der Waals surface area contributed by atoms with Gasteiger partial charge in [0, 0.05) is 31.2 Å². The highest BCUT2D eigenvalue weighted by Crippen LogP contribution is 2.27. The fraction of sp³-hybridized carbons (Fsp3) is 0.440. The van der Waals surface area contributed by atoms with Crippen molar-refractivity contribution >= 4 is 27.5 Å². The van der Waals surface area contributed by atoms with Crippen LogP contribution in [0.3, 0.4) is 0 Å². The molecule has 2 aliphatic rings. The quantitative estimate of drug-likeness (QED) is 0.701. The molecule has 1 N–H and O–H groups in total. The van der Waals surface area contributed by atoms with Crippen molar-refractivity contribution in [1.82, 2.24) is 9.21 Å². The topological polar surface area (TPSA) is 96.0 Å². The fourth-order valence-corrected chi connectivity index (χ4v) is 6.20. The van der Waals surface area contributed by atoms with E-state index in [-0.39, 0.29) is 22.4 Å². The number of anilines is 1. The van der Waals surface area contributed by atoms with E-state index in [0.717, 1.165) is 19.3 Å². The van der Waals surface area contributed by atoms with E-state index in [2.05, 4.69) is 5.32 Å². The molecule has 2 fully saturated rings. The highest BCUT2D eigenvalue weighted by Gasteiger charge is 2.31. The number of piperidine rings is 1. The number of nitrogens with one attached hydrogen (secondary N) is 1. The zero-order valence-electron chi connectivity index (χ0n) is 19.6. The van der Waals surface area contributed by atoms with E-state index < -0.39 is 15.9 Å². The van der Waals surface area contributed by atoms with Crippen LogP contribution in [0.25, 0.3) is 0 Å². The first-order valence-corrected chi connectivity index (χ1v) is 13.1. The highest BCUT2D eigenvalue weighted by atomic mass is 32.2. The van der Waals surface area contributed by atoms with Gasteiger partial charge in [0.25, 0.3) is 11.8 Å². The van der Waals surface area contributed by atoms with Gasteiger partial charge in [-0.05, 0) is 56.5 Å². The van der Waals surface area contributed by atoms with Crippen LogP contribution in [0, 0.1) is 6.92 Å². The van der Waals surface area contributed by atoms with Crippen LogP contribution in [0.2, 0.25) is 0 Å². The van der Waals surface area contributed by atoms with Gasteiger partial charge in [0.05, 0.1) is 29.4 Å². The minimum absolute atomic E-state index is 0.0737. The van der Waals surface area contributed by atoms with Crippen molar-refractivity contribution in [3.8, 4) is 0 Å². The number of hydrogen-bond donors (Lipinski definition) is 1. The molecule has 0 spiro atoms. The Morgan fingerprint density at radius 1 is 1.00 bits per heavy atom. The molecule has 0 aliphatic carbocycles. The minimum Gasteiger partial charge on any atom is -0.378 e. The van der Waals surface area contributed by atoms with Crippen molar-refractivity contribution in [2.45, 2.75) is 44.0 Å². The zero-order valence-corrected chi connectivity index (χ0v) is 20.4. The van der Waals surface area contributed by atoms with E-state index >= 15 is 0 Å². The van der Waals surface area contributed by atoms with Gasteiger partial charge in [-0.25, -0.2) is 8.42 Å². The van der Waals surface area contributed by atoms with Crippen LogP contribution < -0.4 is 5.32 Å². The summed E-state index contributed by atoms with van der Waals surface area (Å²) in [6.07, 6.45) is 2.67. The molecule has 0 radical (unpaired) electrons. The van der Waals surface area contributed by atoms with Gasteiger partial charge in [0.15, 0.2) is 0 Å². The first kappa shape index (κ1) is 24.4. The van der Waals surface area contributed by atoms with E-state index in [1.54, 1.807) is 48.2 Å². The number of amides is 2. The molecular weight excluding hydrogens is 454 g/mol. The number of rotatable bonds is 5. The molecule has 0 bridgehead atoms. The third-order valence-corrected chi connectivity index (χ3v) is 8.52. The molecule has 2 aliphatic heterocycles. The van der Waals surface area contributed by atoms with E-state index in [4.69, 9.17) is 4.74 Å². The van der Waals surface area contributed by atoms with E-state index in [9.17, 15) is 18.0 Å². The summed E-state index contributed by atoms with van der Waals surface area (Å²) in [5.74, 6) is -0.630. The number of ether oxygens (including phenoxy) is 1. The first-order chi connectivity index (χ1) is 16.3. The smallest absolute Gasteiger partial charge is 0.256 e. The maximum absolute atomic E-state index is 13.3. The second-order valence-electron chi connectivity index (χ2n) is 8.84. The first-order valence-electron chi connectivity index (χ1n) is 11.7. The molecule has 0 aromatic heterocycles. The number of para-hydroxylation sites is 1. The van der Waals surface area contributed by atoms with Gasteiger partial charge in [0.2, 0.25) is 10.0 Å². The van der Waals surface area contributed by atoms with Gasteiger partial charge in [-0.1, -0.05) is 24.6 Å². The van der Waals surface area contributed by atoms with E-state index in [1.165, 1.54) is 10.4 Å². The predicted molar refractivity (Wildman–Crippen MR) is 130 cm³/mol. The van der Waals surface area contributed by atoms with Gasteiger partial charge in [-0.3, -0.25) is 9.59 Å². The summed E-state index contributed by atoms with van der Waals surface area (Å²) in [7, 11) is -3.71. The Balaban J connectivity index is 1.59. The summed E-state index contributed by atoms with van der Waals surface area (Å²) in [6.45, 7) is 6.12. The molecular formula is C25H31N3O5S. The van der Waals surface area contributed by atoms with Crippen LogP contribution in [-0.2, 0) is 14.8 Å². The number of sulfonamides is 1. The average molecular weight is 486 g/mol. The van der Waals surface area contributed by atoms with E-state index in [1.807, 2.05) is 6.92 Å². The van der Waals surface area contributed by atoms with Gasteiger partial charge in [-0.15, -0.1) is 0 Å². The molecule has 2 heterocycles. The lowest BCUT2D eigenvalue weighted by Crippen LogP contribution is -2.42. The molecule has 4 rings (SSSR count). The monoisotopic (exact) mass is 485 g/mol. The van der Waals surface area contributed by atoms with Crippen LogP contribution in [0.15, 0.2) is 47.4 Å². The summed E-state index contributed by atoms with van der Waals surface area (Å²) in [5.41, 5.74) is 1.70. The summed E-state index contributed by atoms with van der Waals surface area (Å²) in [5, 5.41) is 2.83. The number of morpholine rings is 1. The van der Waals surface area contributed by atoms with Gasteiger partial charge in [0.1, 0.15) is 0 Å². The highest BCUT2D eigenvalue weighted by molar-refractivity contribution is 7.89. The summed E-state index contributed by atoms with van der Waals surface area (Å²) in [6, 6.07) is 11.4. The largest absolute Gasteiger partial charge is 0.378 e. The Bertz CT molecular complexity index is 1170. The van der Waals surface area contributed by atoms with Gasteiger partial charge < -0.3 is 15.0 Å². The summed E-state index contributed by atoms with van der Waals surface area (Å²) in [4.78, 5) is 28.1. The molecule has 0 saturated carbocycles. The summed E-state index contributed by atoms with van der Waals surface area (Å²) >= 11 is 0. The molecule has 1 unspecified atom stereocenters. The van der Waals surface area contributed by atoms with Crippen LogP contribution in [0.4, 0.5) is 5.69 Å². The van der Waals surface area contributed by atoms with Crippen LogP contribution in [-0.4, -0.2) is 68.3 Å². The number of nitrogens with zero attached hydrogens (tertiary/aromatic N) is 2. The Hall–Kier alpha value is -2.75. The fourth-order valence-electron chi connectivity index (χ4n) is 4.48. The lowest BCUT2D eigenvalue weighted by atomic mass is 10.1. The van der Waals surface area contributed by atoms with Gasteiger partial charge >= 0.3 is 0 Å². The molecule has 2 amide bonds. The number of carbonyl (C=O) groups is 2. The van der Waals surface area contributed by atoms with Crippen LogP contribution in [0.5, 0.6) is 0 Å². The molecule has 182 valence electrons. The van der Waals surface area contributed by atoms with Crippen molar-refractivity contribution in [3.05, 3.63) is 59.2 Å². The number of hydrogen-bond acceptors (Lipinski definition) is 5. The van der Waals surface area contributed by atoms with Gasteiger partial charge in [-0.2, -0.15) is 4.31 Å². The number of benzene rings is 2. The lowest BCUT2D eigenvalue weighted by Gasteiger charge is -2.32. The maximum Gasteiger partial charge on any atom is 0.256 e. The van der Waals surface area contributed by atoms with Crippen molar-refractivity contribution in [1.29, 1.82) is 0 Å². The third-order valence-electron chi connectivity index (χ3n) is 6.51. The average Bonchev–Trinajstić information content (AvgIpc) is 2.84. The van der Waals surface area contributed by atoms with Crippen molar-refractivity contribution < 1.29 is 22.7 Å².